The monoisotopic (exact) mass is 252 g/mol. The van der Waals surface area contributed by atoms with Gasteiger partial charge in [-0.25, -0.2) is 0 Å². The lowest BCUT2D eigenvalue weighted by Gasteiger charge is -2.15. The number of rotatable bonds is 2. The fourth-order valence-electron chi connectivity index (χ4n) is 1.95. The van der Waals surface area contributed by atoms with Crippen LogP contribution in [0, 0.1) is 10.1 Å². The summed E-state index contributed by atoms with van der Waals surface area (Å²) in [4.78, 5) is 23.3. The lowest BCUT2D eigenvalue weighted by atomic mass is 10.1. The Morgan fingerprint density at radius 1 is 1.50 bits per heavy atom. The van der Waals surface area contributed by atoms with Gasteiger partial charge in [-0.3, -0.25) is 14.9 Å². The molecule has 0 saturated carbocycles. The van der Waals surface area contributed by atoms with Gasteiger partial charge in [0.05, 0.1) is 16.6 Å². The van der Waals surface area contributed by atoms with Gasteiger partial charge in [-0.1, -0.05) is 6.07 Å². The van der Waals surface area contributed by atoms with E-state index < -0.39 is 28.4 Å². The topological polar surface area (TPSA) is 104 Å². The summed E-state index contributed by atoms with van der Waals surface area (Å²) >= 11 is 0. The number of aliphatic hydroxyl groups is 1. The minimum Gasteiger partial charge on any atom is -0.502 e. The molecule has 1 atom stereocenters. The Balaban J connectivity index is 2.31. The molecule has 1 aromatic rings. The van der Waals surface area contributed by atoms with E-state index in [1.165, 1.54) is 17.0 Å². The SMILES string of the molecule is O=C(c1cccc([N+](=O)[O-])c1O)N1CC[C@@H](O)C1. The zero-order chi connectivity index (χ0) is 13.3. The Labute approximate surface area is 102 Å². The predicted octanol–water partition coefficient (Wildman–Crippen LogP) is 0.507. The molecule has 0 spiro atoms. The van der Waals surface area contributed by atoms with E-state index >= 15 is 0 Å². The second kappa shape index (κ2) is 4.61. The van der Waals surface area contributed by atoms with Crippen molar-refractivity contribution in [2.45, 2.75) is 12.5 Å². The molecule has 1 aliphatic heterocycles. The van der Waals surface area contributed by atoms with Crippen molar-refractivity contribution in [3.05, 3.63) is 33.9 Å². The lowest BCUT2D eigenvalue weighted by Crippen LogP contribution is -2.29. The normalized spacial score (nSPS) is 18.9. The van der Waals surface area contributed by atoms with Crippen molar-refractivity contribution in [1.29, 1.82) is 0 Å². The number of nitro benzene ring substituents is 1. The summed E-state index contributed by atoms with van der Waals surface area (Å²) in [5.74, 6) is -1.14. The minimum absolute atomic E-state index is 0.113. The number of para-hydroxylation sites is 1. The van der Waals surface area contributed by atoms with Crippen molar-refractivity contribution >= 4 is 11.6 Å². The van der Waals surface area contributed by atoms with E-state index in [0.29, 0.717) is 13.0 Å². The molecule has 2 N–H and O–H groups in total. The van der Waals surface area contributed by atoms with Gasteiger partial charge in [0.1, 0.15) is 0 Å². The number of carbonyl (C=O) groups excluding carboxylic acids is 1. The highest BCUT2D eigenvalue weighted by atomic mass is 16.6. The number of amides is 1. The van der Waals surface area contributed by atoms with Gasteiger partial charge in [-0.15, -0.1) is 0 Å². The second-order valence-corrected chi connectivity index (χ2v) is 4.12. The Hall–Kier alpha value is -2.15. The average molecular weight is 252 g/mol. The number of nitro groups is 1. The Morgan fingerprint density at radius 3 is 2.78 bits per heavy atom. The number of hydrogen-bond donors (Lipinski definition) is 2. The molecule has 0 unspecified atom stereocenters. The van der Waals surface area contributed by atoms with Gasteiger partial charge >= 0.3 is 5.69 Å². The summed E-state index contributed by atoms with van der Waals surface area (Å²) in [6.07, 6.45) is -0.101. The lowest BCUT2D eigenvalue weighted by molar-refractivity contribution is -0.385. The molecule has 96 valence electrons. The Morgan fingerprint density at radius 2 is 2.22 bits per heavy atom. The number of β-amino-alcohol motifs (C(OH)–C–C–N with tert-alkyl or cyclic N) is 1. The van der Waals surface area contributed by atoms with Crippen LogP contribution in [0.5, 0.6) is 5.75 Å². The molecule has 18 heavy (non-hydrogen) atoms. The highest BCUT2D eigenvalue weighted by Gasteiger charge is 2.29. The maximum absolute atomic E-state index is 12.0. The summed E-state index contributed by atoms with van der Waals surface area (Å²) in [5, 5.41) is 29.7. The van der Waals surface area contributed by atoms with Crippen LogP contribution in [0.4, 0.5) is 5.69 Å². The van der Waals surface area contributed by atoms with E-state index in [1.807, 2.05) is 0 Å². The smallest absolute Gasteiger partial charge is 0.311 e. The Kier molecular flexibility index (Phi) is 3.15. The second-order valence-electron chi connectivity index (χ2n) is 4.12. The van der Waals surface area contributed by atoms with Crippen LogP contribution in [0.15, 0.2) is 18.2 Å². The van der Waals surface area contributed by atoms with Crippen molar-refractivity contribution < 1.29 is 19.9 Å². The van der Waals surface area contributed by atoms with Crippen LogP contribution < -0.4 is 0 Å². The van der Waals surface area contributed by atoms with Crippen LogP contribution in [-0.2, 0) is 0 Å². The van der Waals surface area contributed by atoms with Crippen LogP contribution in [0.2, 0.25) is 0 Å². The molecular weight excluding hydrogens is 240 g/mol. The maximum Gasteiger partial charge on any atom is 0.311 e. The molecule has 7 heteroatoms. The molecule has 0 radical (unpaired) electrons. The molecule has 1 saturated heterocycles. The van der Waals surface area contributed by atoms with Crippen LogP contribution in [0.1, 0.15) is 16.8 Å². The van der Waals surface area contributed by atoms with Gasteiger partial charge in [0.2, 0.25) is 5.75 Å². The first-order valence-corrected chi connectivity index (χ1v) is 5.44. The maximum atomic E-state index is 12.0. The minimum atomic E-state index is -0.745. The van der Waals surface area contributed by atoms with Crippen molar-refractivity contribution in [3.63, 3.8) is 0 Å². The quantitative estimate of drug-likeness (QED) is 0.589. The molecular formula is C11H12N2O5. The first kappa shape index (κ1) is 12.3. The van der Waals surface area contributed by atoms with Crippen LogP contribution in [-0.4, -0.2) is 45.1 Å². The van der Waals surface area contributed by atoms with E-state index in [9.17, 15) is 25.1 Å². The average Bonchev–Trinajstić information content (AvgIpc) is 2.75. The third-order valence-corrected chi connectivity index (χ3v) is 2.89. The van der Waals surface area contributed by atoms with E-state index in [4.69, 9.17) is 0 Å². The molecule has 1 aliphatic rings. The number of aliphatic hydroxyl groups excluding tert-OH is 1. The Bertz CT molecular complexity index is 502. The molecule has 7 nitrogen and oxygen atoms in total. The van der Waals surface area contributed by atoms with Crippen molar-refractivity contribution in [3.8, 4) is 5.75 Å². The van der Waals surface area contributed by atoms with Gasteiger partial charge in [0.15, 0.2) is 0 Å². The van der Waals surface area contributed by atoms with Gasteiger partial charge in [0, 0.05) is 19.2 Å². The largest absolute Gasteiger partial charge is 0.502 e. The van der Waals surface area contributed by atoms with Crippen molar-refractivity contribution in [2.75, 3.05) is 13.1 Å². The molecule has 0 aromatic heterocycles. The van der Waals surface area contributed by atoms with Crippen LogP contribution >= 0.6 is 0 Å². The fraction of sp³-hybridized carbons (Fsp3) is 0.364. The molecule has 0 bridgehead atoms. The predicted molar refractivity (Wildman–Crippen MR) is 61.3 cm³/mol. The van der Waals surface area contributed by atoms with Gasteiger partial charge in [-0.2, -0.15) is 0 Å². The van der Waals surface area contributed by atoms with Gasteiger partial charge in [0.25, 0.3) is 5.91 Å². The van der Waals surface area contributed by atoms with Crippen LogP contribution in [0.3, 0.4) is 0 Å². The number of hydrogen-bond acceptors (Lipinski definition) is 5. The standard InChI is InChI=1S/C11H12N2O5/c14-7-4-5-12(6-7)11(16)8-2-1-3-9(10(8)15)13(17)18/h1-3,7,14-15H,4-6H2/t7-/m1/s1. The first-order valence-electron chi connectivity index (χ1n) is 5.44. The first-order chi connectivity index (χ1) is 8.50. The number of carbonyl (C=O) groups is 1. The van der Waals surface area contributed by atoms with Crippen LogP contribution in [0.25, 0.3) is 0 Å². The zero-order valence-electron chi connectivity index (χ0n) is 9.44. The molecule has 1 aromatic carbocycles. The number of nitrogens with zero attached hydrogens (tertiary/aromatic N) is 2. The van der Waals surface area contributed by atoms with E-state index in [0.717, 1.165) is 6.07 Å². The summed E-state index contributed by atoms with van der Waals surface area (Å²) in [6.45, 7) is 0.559. The third-order valence-electron chi connectivity index (χ3n) is 2.89. The summed E-state index contributed by atoms with van der Waals surface area (Å²) in [5.41, 5.74) is -0.612. The molecule has 2 rings (SSSR count). The molecule has 1 heterocycles. The summed E-state index contributed by atoms with van der Waals surface area (Å²) < 4.78 is 0. The highest BCUT2D eigenvalue weighted by Crippen LogP contribution is 2.30. The fourth-order valence-corrected chi connectivity index (χ4v) is 1.95. The van der Waals surface area contributed by atoms with Gasteiger partial charge < -0.3 is 15.1 Å². The number of benzene rings is 1. The van der Waals surface area contributed by atoms with Crippen molar-refractivity contribution in [2.24, 2.45) is 0 Å². The van der Waals surface area contributed by atoms with E-state index in [2.05, 4.69) is 0 Å². The van der Waals surface area contributed by atoms with Crippen molar-refractivity contribution in [1.82, 2.24) is 4.90 Å². The number of aromatic hydroxyl groups is 1. The van der Waals surface area contributed by atoms with Gasteiger partial charge in [-0.05, 0) is 12.5 Å². The zero-order valence-corrected chi connectivity index (χ0v) is 9.44. The molecule has 1 fully saturated rings. The molecule has 0 aliphatic carbocycles. The third kappa shape index (κ3) is 2.12. The summed E-state index contributed by atoms with van der Waals surface area (Å²) in [7, 11) is 0. The number of likely N-dealkylation sites (tertiary alicyclic amines) is 1. The number of phenolic OH excluding ortho intramolecular Hbond substituents is 1. The van der Waals surface area contributed by atoms with E-state index in [1.54, 1.807) is 0 Å². The number of phenols is 1. The highest BCUT2D eigenvalue weighted by molar-refractivity contribution is 5.98. The summed E-state index contributed by atoms with van der Waals surface area (Å²) in [6, 6.07) is 3.80. The van der Waals surface area contributed by atoms with E-state index in [-0.39, 0.29) is 12.1 Å². The molecule has 1 amide bonds.